The maximum Gasteiger partial charge on any atom is 0.337 e. The average molecular weight is 273 g/mol. The maximum absolute atomic E-state index is 11.0. The van der Waals surface area contributed by atoms with Crippen LogP contribution in [0.15, 0.2) is 10.5 Å². The topological polar surface area (TPSA) is 55.8 Å². The number of aromatic carboxylic acids is 1. The van der Waals surface area contributed by atoms with Crippen LogP contribution in [0.25, 0.3) is 0 Å². The number of halogens is 1. The smallest absolute Gasteiger partial charge is 0.337 e. The van der Waals surface area contributed by atoms with Crippen LogP contribution in [0, 0.1) is 6.92 Å². The Kier molecular flexibility index (Phi) is 2.56. The van der Waals surface area contributed by atoms with E-state index < -0.39 is 5.97 Å². The Morgan fingerprint density at radius 2 is 2.13 bits per heavy atom. The van der Waals surface area contributed by atoms with Crippen molar-refractivity contribution in [3.63, 3.8) is 0 Å². The Morgan fingerprint density at radius 1 is 1.47 bits per heavy atom. The highest BCUT2D eigenvalue weighted by Gasteiger charge is 2.23. The van der Waals surface area contributed by atoms with E-state index in [1.807, 2.05) is 0 Å². The molecule has 0 atom stereocenters. The normalized spacial score (nSPS) is 13.7. The van der Waals surface area contributed by atoms with Crippen molar-refractivity contribution in [2.24, 2.45) is 0 Å². The molecule has 2 rings (SSSR count). The van der Waals surface area contributed by atoms with E-state index in [0.29, 0.717) is 34.7 Å². The summed E-state index contributed by atoms with van der Waals surface area (Å²) in [5.74, 6) is 0.0937. The molecule has 1 aliphatic rings. The van der Waals surface area contributed by atoms with Crippen molar-refractivity contribution in [3.8, 4) is 11.5 Å². The molecule has 4 nitrogen and oxygen atoms in total. The van der Waals surface area contributed by atoms with Crippen molar-refractivity contribution in [1.82, 2.24) is 0 Å². The molecule has 0 radical (unpaired) electrons. The lowest BCUT2D eigenvalue weighted by Crippen LogP contribution is -2.17. The molecule has 0 fully saturated rings. The van der Waals surface area contributed by atoms with E-state index in [1.54, 1.807) is 13.0 Å². The number of fused-ring (bicyclic) bond motifs is 1. The summed E-state index contributed by atoms with van der Waals surface area (Å²) in [7, 11) is 0. The summed E-state index contributed by atoms with van der Waals surface area (Å²) in [6, 6.07) is 1.68. The fourth-order valence-electron chi connectivity index (χ4n) is 1.53. The molecule has 0 saturated carbocycles. The summed E-state index contributed by atoms with van der Waals surface area (Å²) in [5.41, 5.74) is 0.873. The van der Waals surface area contributed by atoms with Crippen LogP contribution in [0.5, 0.6) is 11.5 Å². The quantitative estimate of drug-likeness (QED) is 0.852. The van der Waals surface area contributed by atoms with Gasteiger partial charge in [0.1, 0.15) is 13.2 Å². The first-order valence-corrected chi connectivity index (χ1v) is 5.22. The van der Waals surface area contributed by atoms with Gasteiger partial charge in [-0.1, -0.05) is 0 Å². The van der Waals surface area contributed by atoms with Gasteiger partial charge >= 0.3 is 5.97 Å². The number of ether oxygens (including phenoxy) is 2. The lowest BCUT2D eigenvalue weighted by Gasteiger charge is -2.21. The first-order chi connectivity index (χ1) is 7.11. The highest BCUT2D eigenvalue weighted by molar-refractivity contribution is 9.10. The monoisotopic (exact) mass is 272 g/mol. The fourth-order valence-corrected chi connectivity index (χ4v) is 2.32. The van der Waals surface area contributed by atoms with Gasteiger partial charge in [0, 0.05) is 0 Å². The second-order valence-electron chi connectivity index (χ2n) is 3.21. The first-order valence-electron chi connectivity index (χ1n) is 4.43. The van der Waals surface area contributed by atoms with Crippen molar-refractivity contribution in [3.05, 3.63) is 21.7 Å². The highest BCUT2D eigenvalue weighted by atomic mass is 79.9. The van der Waals surface area contributed by atoms with Gasteiger partial charge in [-0.25, -0.2) is 4.79 Å². The first kappa shape index (κ1) is 10.3. The molecule has 0 amide bonds. The summed E-state index contributed by atoms with van der Waals surface area (Å²) >= 11 is 3.23. The second kappa shape index (κ2) is 3.73. The van der Waals surface area contributed by atoms with Gasteiger partial charge in [-0.2, -0.15) is 0 Å². The van der Waals surface area contributed by atoms with Crippen molar-refractivity contribution < 1.29 is 19.4 Å². The predicted octanol–water partition coefficient (Wildman–Crippen LogP) is 2.23. The lowest BCUT2D eigenvalue weighted by molar-refractivity contribution is 0.0693. The molecule has 1 heterocycles. The zero-order chi connectivity index (χ0) is 11.0. The van der Waals surface area contributed by atoms with E-state index in [1.165, 1.54) is 0 Å². The number of carbonyl (C=O) groups is 1. The number of hydrogen-bond donors (Lipinski definition) is 1. The number of aryl methyl sites for hydroxylation is 1. The van der Waals surface area contributed by atoms with Crippen LogP contribution >= 0.6 is 15.9 Å². The van der Waals surface area contributed by atoms with Crippen LogP contribution in [0.4, 0.5) is 0 Å². The van der Waals surface area contributed by atoms with Crippen molar-refractivity contribution >= 4 is 21.9 Å². The maximum atomic E-state index is 11.0. The summed E-state index contributed by atoms with van der Waals surface area (Å²) in [4.78, 5) is 11.0. The minimum Gasteiger partial charge on any atom is -0.486 e. The van der Waals surface area contributed by atoms with Gasteiger partial charge in [-0.15, -0.1) is 0 Å². The minimum atomic E-state index is -0.976. The zero-order valence-corrected chi connectivity index (χ0v) is 9.63. The van der Waals surface area contributed by atoms with Crippen LogP contribution in [-0.2, 0) is 0 Å². The lowest BCUT2D eigenvalue weighted by atomic mass is 10.1. The molecule has 80 valence electrons. The molecule has 0 bridgehead atoms. The molecule has 1 N–H and O–H groups in total. The van der Waals surface area contributed by atoms with Crippen LogP contribution in [-0.4, -0.2) is 24.3 Å². The minimum absolute atomic E-state index is 0.222. The summed E-state index contributed by atoms with van der Waals surface area (Å²) in [6.45, 7) is 2.66. The molecule has 1 aromatic rings. The zero-order valence-electron chi connectivity index (χ0n) is 8.04. The van der Waals surface area contributed by atoms with E-state index in [4.69, 9.17) is 14.6 Å². The van der Waals surface area contributed by atoms with E-state index in [2.05, 4.69) is 15.9 Å². The molecular formula is C10H9BrO4. The molecule has 0 spiro atoms. The van der Waals surface area contributed by atoms with Gasteiger partial charge in [0.15, 0.2) is 11.5 Å². The Bertz CT molecular complexity index is 428. The fraction of sp³-hybridized carbons (Fsp3) is 0.300. The van der Waals surface area contributed by atoms with Crippen molar-refractivity contribution in [2.75, 3.05) is 13.2 Å². The molecular weight excluding hydrogens is 264 g/mol. The van der Waals surface area contributed by atoms with Crippen molar-refractivity contribution in [2.45, 2.75) is 6.92 Å². The van der Waals surface area contributed by atoms with Gasteiger partial charge < -0.3 is 14.6 Å². The Labute approximate surface area is 94.9 Å². The average Bonchev–Trinajstić information content (AvgIpc) is 2.17. The molecule has 0 aromatic heterocycles. The van der Waals surface area contributed by atoms with Crippen LogP contribution in [0.2, 0.25) is 0 Å². The Balaban J connectivity index is 2.64. The van der Waals surface area contributed by atoms with Gasteiger partial charge in [0.2, 0.25) is 0 Å². The summed E-state index contributed by atoms with van der Waals surface area (Å²) < 4.78 is 11.2. The van der Waals surface area contributed by atoms with E-state index in [0.717, 1.165) is 0 Å². The van der Waals surface area contributed by atoms with Gasteiger partial charge in [-0.3, -0.25) is 0 Å². The number of hydrogen-bond acceptors (Lipinski definition) is 3. The molecule has 1 aliphatic heterocycles. The SMILES string of the molecule is Cc1cc2c(c(Br)c1C(=O)O)OCCO2. The standard InChI is InChI=1S/C10H9BrO4/c1-5-4-6-9(15-3-2-14-6)8(11)7(5)10(12)13/h4H,2-3H2,1H3,(H,12,13). The molecule has 0 aliphatic carbocycles. The van der Waals surface area contributed by atoms with Gasteiger partial charge in [0.05, 0.1) is 10.0 Å². The number of rotatable bonds is 1. The highest BCUT2D eigenvalue weighted by Crippen LogP contribution is 2.41. The van der Waals surface area contributed by atoms with Crippen molar-refractivity contribution in [1.29, 1.82) is 0 Å². The number of carboxylic acid groups (broad SMARTS) is 1. The molecule has 0 saturated heterocycles. The van der Waals surface area contributed by atoms with Crippen LogP contribution < -0.4 is 9.47 Å². The van der Waals surface area contributed by atoms with Gasteiger partial charge in [-0.05, 0) is 34.5 Å². The number of benzene rings is 1. The largest absolute Gasteiger partial charge is 0.486 e. The Hall–Kier alpha value is -1.23. The van der Waals surface area contributed by atoms with Crippen LogP contribution in [0.3, 0.4) is 0 Å². The molecule has 1 aromatic carbocycles. The summed E-state index contributed by atoms with van der Waals surface area (Å²) in [6.07, 6.45) is 0. The Morgan fingerprint density at radius 3 is 2.80 bits per heavy atom. The predicted molar refractivity (Wildman–Crippen MR) is 56.8 cm³/mol. The van der Waals surface area contributed by atoms with E-state index in [9.17, 15) is 4.79 Å². The van der Waals surface area contributed by atoms with E-state index >= 15 is 0 Å². The third-order valence-electron chi connectivity index (χ3n) is 2.19. The third-order valence-corrected chi connectivity index (χ3v) is 2.94. The second-order valence-corrected chi connectivity index (χ2v) is 4.00. The molecule has 5 heteroatoms. The van der Waals surface area contributed by atoms with Gasteiger partial charge in [0.25, 0.3) is 0 Å². The van der Waals surface area contributed by atoms with Crippen LogP contribution in [0.1, 0.15) is 15.9 Å². The summed E-state index contributed by atoms with van der Waals surface area (Å²) in [5, 5.41) is 9.02. The number of carboxylic acids is 1. The molecule has 0 unspecified atom stereocenters. The van der Waals surface area contributed by atoms with E-state index in [-0.39, 0.29) is 5.56 Å². The molecule has 15 heavy (non-hydrogen) atoms. The third kappa shape index (κ3) is 1.67.